The van der Waals surface area contributed by atoms with Gasteiger partial charge in [0, 0.05) is 19.2 Å². The summed E-state index contributed by atoms with van der Waals surface area (Å²) in [6.45, 7) is 2.40. The van der Waals surface area contributed by atoms with Gasteiger partial charge in [-0.15, -0.1) is 0 Å². The maximum absolute atomic E-state index is 11.8. The summed E-state index contributed by atoms with van der Waals surface area (Å²) in [6, 6.07) is 6.64. The molecule has 1 aromatic heterocycles. The van der Waals surface area contributed by atoms with E-state index in [2.05, 4.69) is 15.6 Å². The molecule has 0 atom stereocenters. The molecule has 0 aliphatic heterocycles. The van der Waals surface area contributed by atoms with Crippen molar-refractivity contribution < 1.29 is 18.7 Å². The maximum atomic E-state index is 11.8. The number of aromatic nitrogens is 1. The number of anilines is 1. The zero-order valence-electron chi connectivity index (χ0n) is 12.6. The summed E-state index contributed by atoms with van der Waals surface area (Å²) >= 11 is 0. The topological polar surface area (TPSA) is 85.6 Å². The van der Waals surface area contributed by atoms with Crippen LogP contribution in [0.25, 0.3) is 0 Å². The molecule has 0 saturated heterocycles. The van der Waals surface area contributed by atoms with Crippen molar-refractivity contribution in [3.05, 3.63) is 42.1 Å². The highest BCUT2D eigenvalue weighted by molar-refractivity contribution is 5.89. The number of urea groups is 1. The minimum Gasteiger partial charge on any atom is -0.468 e. The molecule has 1 heterocycles. The summed E-state index contributed by atoms with van der Waals surface area (Å²) in [5.74, 6) is 1.94. The van der Waals surface area contributed by atoms with E-state index in [-0.39, 0.29) is 19.4 Å². The highest BCUT2D eigenvalue weighted by atomic mass is 16.7. The minimum absolute atomic E-state index is 0.184. The van der Waals surface area contributed by atoms with Gasteiger partial charge in [-0.05, 0) is 24.3 Å². The number of benzene rings is 1. The van der Waals surface area contributed by atoms with Crippen molar-refractivity contribution in [2.24, 2.45) is 0 Å². The van der Waals surface area contributed by atoms with Crippen molar-refractivity contribution >= 4 is 11.7 Å². The SMILES string of the molecule is CCc1cnc(CNC(=O)Nc2ccc(OCOC)cc2)o1. The lowest BCUT2D eigenvalue weighted by Crippen LogP contribution is -2.28. The van der Waals surface area contributed by atoms with Crippen LogP contribution in [-0.4, -0.2) is 24.9 Å². The number of ether oxygens (including phenoxy) is 2. The van der Waals surface area contributed by atoms with Crippen molar-refractivity contribution in [1.82, 2.24) is 10.3 Å². The van der Waals surface area contributed by atoms with Crippen molar-refractivity contribution in [3.63, 3.8) is 0 Å². The average Bonchev–Trinajstić information content (AvgIpc) is 3.00. The molecular formula is C15H19N3O4. The van der Waals surface area contributed by atoms with Crippen molar-refractivity contribution in [1.29, 1.82) is 0 Å². The number of rotatable bonds is 7. The van der Waals surface area contributed by atoms with Gasteiger partial charge < -0.3 is 24.5 Å². The first-order chi connectivity index (χ1) is 10.7. The molecule has 2 amide bonds. The van der Waals surface area contributed by atoms with E-state index in [4.69, 9.17) is 13.9 Å². The Morgan fingerprint density at radius 2 is 2.09 bits per heavy atom. The molecule has 22 heavy (non-hydrogen) atoms. The Bertz CT molecular complexity index is 595. The van der Waals surface area contributed by atoms with Crippen LogP contribution in [0.2, 0.25) is 0 Å². The zero-order chi connectivity index (χ0) is 15.8. The molecule has 0 bridgehead atoms. The van der Waals surface area contributed by atoms with Crippen LogP contribution in [0, 0.1) is 0 Å². The predicted molar refractivity (Wildman–Crippen MR) is 80.7 cm³/mol. The number of aryl methyl sites for hydroxylation is 1. The predicted octanol–water partition coefficient (Wildman–Crippen LogP) is 2.54. The Morgan fingerprint density at radius 1 is 1.32 bits per heavy atom. The van der Waals surface area contributed by atoms with E-state index in [1.165, 1.54) is 0 Å². The van der Waals surface area contributed by atoms with Crippen molar-refractivity contribution in [2.45, 2.75) is 19.9 Å². The molecule has 0 spiro atoms. The second kappa shape index (κ2) is 8.04. The molecule has 7 heteroatoms. The molecule has 2 N–H and O–H groups in total. The Hall–Kier alpha value is -2.54. The van der Waals surface area contributed by atoms with Crippen LogP contribution < -0.4 is 15.4 Å². The second-order valence-corrected chi connectivity index (χ2v) is 4.46. The van der Waals surface area contributed by atoms with E-state index < -0.39 is 0 Å². The van der Waals surface area contributed by atoms with E-state index in [0.717, 1.165) is 12.2 Å². The number of nitrogens with one attached hydrogen (secondary N) is 2. The summed E-state index contributed by atoms with van der Waals surface area (Å²) in [4.78, 5) is 15.8. The molecule has 2 aromatic rings. The van der Waals surface area contributed by atoms with Gasteiger partial charge in [-0.2, -0.15) is 0 Å². The second-order valence-electron chi connectivity index (χ2n) is 4.46. The van der Waals surface area contributed by atoms with Gasteiger partial charge in [0.25, 0.3) is 0 Å². The summed E-state index contributed by atoms with van der Waals surface area (Å²) in [7, 11) is 1.55. The largest absolute Gasteiger partial charge is 0.468 e. The quantitative estimate of drug-likeness (QED) is 0.768. The van der Waals surface area contributed by atoms with Crippen LogP contribution in [-0.2, 0) is 17.7 Å². The van der Waals surface area contributed by atoms with Crippen LogP contribution in [0.5, 0.6) is 5.75 Å². The molecule has 1 aromatic carbocycles. The normalized spacial score (nSPS) is 10.3. The van der Waals surface area contributed by atoms with Gasteiger partial charge in [0.05, 0.1) is 12.7 Å². The third kappa shape index (κ3) is 4.78. The molecule has 7 nitrogen and oxygen atoms in total. The molecule has 0 saturated carbocycles. The Kier molecular flexibility index (Phi) is 5.79. The fraction of sp³-hybridized carbons (Fsp3) is 0.333. The van der Waals surface area contributed by atoms with Crippen LogP contribution in [0.4, 0.5) is 10.5 Å². The lowest BCUT2D eigenvalue weighted by atomic mass is 10.3. The number of oxazole rings is 1. The number of carbonyl (C=O) groups is 1. The average molecular weight is 305 g/mol. The first kappa shape index (κ1) is 15.8. The standard InChI is InChI=1S/C15H19N3O4/c1-3-12-8-16-14(22-12)9-17-15(19)18-11-4-6-13(7-5-11)21-10-20-2/h4-8H,3,9-10H2,1-2H3,(H2,17,18,19). The van der Waals surface area contributed by atoms with Crippen LogP contribution >= 0.6 is 0 Å². The van der Waals surface area contributed by atoms with Gasteiger partial charge >= 0.3 is 6.03 Å². The van der Waals surface area contributed by atoms with E-state index >= 15 is 0 Å². The Morgan fingerprint density at radius 3 is 2.73 bits per heavy atom. The third-order valence-electron chi connectivity index (χ3n) is 2.81. The highest BCUT2D eigenvalue weighted by Crippen LogP contribution is 2.15. The van der Waals surface area contributed by atoms with Crippen LogP contribution in [0.3, 0.4) is 0 Å². The van der Waals surface area contributed by atoms with E-state index in [9.17, 15) is 4.79 Å². The summed E-state index contributed by atoms with van der Waals surface area (Å²) in [5, 5.41) is 5.39. The monoisotopic (exact) mass is 305 g/mol. The van der Waals surface area contributed by atoms with Gasteiger partial charge in [0.1, 0.15) is 11.5 Å². The lowest BCUT2D eigenvalue weighted by Gasteiger charge is -2.08. The van der Waals surface area contributed by atoms with Gasteiger partial charge in [0.15, 0.2) is 6.79 Å². The van der Waals surface area contributed by atoms with Gasteiger partial charge in [0.2, 0.25) is 5.89 Å². The minimum atomic E-state index is -0.332. The zero-order valence-corrected chi connectivity index (χ0v) is 12.6. The molecule has 0 aliphatic rings. The summed E-state index contributed by atoms with van der Waals surface area (Å²) < 4.78 is 15.5. The lowest BCUT2D eigenvalue weighted by molar-refractivity contribution is 0.0511. The number of carbonyl (C=O) groups excluding carboxylic acids is 1. The van der Waals surface area contributed by atoms with Gasteiger partial charge in [-0.1, -0.05) is 6.92 Å². The molecule has 0 unspecified atom stereocenters. The number of hydrogen-bond donors (Lipinski definition) is 2. The van der Waals surface area contributed by atoms with Crippen LogP contribution in [0.1, 0.15) is 18.6 Å². The Labute approximate surface area is 128 Å². The number of nitrogens with zero attached hydrogens (tertiary/aromatic N) is 1. The van der Waals surface area contributed by atoms with Crippen molar-refractivity contribution in [3.8, 4) is 5.75 Å². The van der Waals surface area contributed by atoms with E-state index in [1.807, 2.05) is 6.92 Å². The molecular weight excluding hydrogens is 286 g/mol. The molecule has 0 aliphatic carbocycles. The first-order valence-electron chi connectivity index (χ1n) is 6.91. The molecule has 2 rings (SSSR count). The molecule has 0 radical (unpaired) electrons. The molecule has 0 fully saturated rings. The molecule has 118 valence electrons. The van der Waals surface area contributed by atoms with Gasteiger partial charge in [-0.3, -0.25) is 0 Å². The fourth-order valence-electron chi connectivity index (χ4n) is 1.69. The number of methoxy groups -OCH3 is 1. The summed E-state index contributed by atoms with van der Waals surface area (Å²) in [6.07, 6.45) is 2.43. The third-order valence-corrected chi connectivity index (χ3v) is 2.81. The summed E-state index contributed by atoms with van der Waals surface area (Å²) in [5.41, 5.74) is 0.656. The number of hydrogen-bond acceptors (Lipinski definition) is 5. The fourth-order valence-corrected chi connectivity index (χ4v) is 1.69. The van der Waals surface area contributed by atoms with Crippen LogP contribution in [0.15, 0.2) is 34.9 Å². The number of amides is 2. The maximum Gasteiger partial charge on any atom is 0.319 e. The Balaban J connectivity index is 1.78. The van der Waals surface area contributed by atoms with E-state index in [0.29, 0.717) is 17.3 Å². The first-order valence-corrected chi connectivity index (χ1v) is 6.91. The van der Waals surface area contributed by atoms with E-state index in [1.54, 1.807) is 37.6 Å². The highest BCUT2D eigenvalue weighted by Gasteiger charge is 2.06. The smallest absolute Gasteiger partial charge is 0.319 e. The van der Waals surface area contributed by atoms with Crippen molar-refractivity contribution in [2.75, 3.05) is 19.2 Å². The van der Waals surface area contributed by atoms with Gasteiger partial charge in [-0.25, -0.2) is 9.78 Å².